The van der Waals surface area contributed by atoms with Crippen LogP contribution in [0.2, 0.25) is 0 Å². The molecular weight excluding hydrogens is 256 g/mol. The van der Waals surface area contributed by atoms with Crippen LogP contribution in [0.3, 0.4) is 0 Å². The predicted octanol–water partition coefficient (Wildman–Crippen LogP) is 4.11. The summed E-state index contributed by atoms with van der Waals surface area (Å²) in [6, 6.07) is 25.5. The van der Waals surface area contributed by atoms with Gasteiger partial charge in [0.15, 0.2) is 0 Å². The quantitative estimate of drug-likeness (QED) is 0.685. The Morgan fingerprint density at radius 2 is 1.52 bits per heavy atom. The van der Waals surface area contributed by atoms with Crippen molar-refractivity contribution in [2.45, 2.75) is 0 Å². The van der Waals surface area contributed by atoms with Gasteiger partial charge in [0.05, 0.1) is 6.54 Å². The van der Waals surface area contributed by atoms with Crippen molar-refractivity contribution >= 4 is 22.3 Å². The van der Waals surface area contributed by atoms with E-state index in [1.54, 1.807) is 0 Å². The monoisotopic (exact) mass is 272 g/mol. The molecule has 3 aromatic carbocycles. The van der Waals surface area contributed by atoms with Gasteiger partial charge in [-0.15, -0.1) is 0 Å². The molecule has 0 unspecified atom stereocenters. The van der Waals surface area contributed by atoms with Crippen LogP contribution in [-0.2, 0) is 0 Å². The maximum atomic E-state index is 4.69. The van der Waals surface area contributed by atoms with E-state index in [1.807, 2.05) is 6.07 Å². The Hall–Kier alpha value is -2.61. The molecule has 0 aliphatic carbocycles. The van der Waals surface area contributed by atoms with Crippen LogP contribution in [0.15, 0.2) is 77.8 Å². The molecule has 0 N–H and O–H groups in total. The van der Waals surface area contributed by atoms with Gasteiger partial charge < -0.3 is 4.90 Å². The Kier molecular flexibility index (Phi) is 2.93. The summed E-state index contributed by atoms with van der Waals surface area (Å²) in [4.78, 5) is 6.99. The van der Waals surface area contributed by atoms with Crippen LogP contribution in [0.5, 0.6) is 0 Å². The van der Waals surface area contributed by atoms with Gasteiger partial charge in [0, 0.05) is 17.8 Å². The number of nitrogens with zero attached hydrogens (tertiary/aromatic N) is 2. The van der Waals surface area contributed by atoms with Gasteiger partial charge in [0.2, 0.25) is 0 Å². The molecular formula is C19H16N2. The molecule has 0 saturated heterocycles. The molecule has 0 fully saturated rings. The number of amidine groups is 1. The van der Waals surface area contributed by atoms with Crippen molar-refractivity contribution in [1.82, 2.24) is 0 Å². The van der Waals surface area contributed by atoms with Crippen LogP contribution >= 0.6 is 0 Å². The van der Waals surface area contributed by atoms with Crippen molar-refractivity contribution in [1.29, 1.82) is 0 Å². The first-order chi connectivity index (χ1) is 10.4. The summed E-state index contributed by atoms with van der Waals surface area (Å²) in [5.41, 5.74) is 2.40. The van der Waals surface area contributed by atoms with Crippen LogP contribution in [0, 0.1) is 0 Å². The van der Waals surface area contributed by atoms with Crippen LogP contribution < -0.4 is 4.90 Å². The Morgan fingerprint density at radius 3 is 2.38 bits per heavy atom. The molecule has 3 aromatic rings. The normalized spacial score (nSPS) is 14.5. The number of fused-ring (bicyclic) bond motifs is 1. The summed E-state index contributed by atoms with van der Waals surface area (Å²) in [7, 11) is 0. The van der Waals surface area contributed by atoms with Gasteiger partial charge in [-0.2, -0.15) is 0 Å². The molecule has 0 bridgehead atoms. The molecule has 4 rings (SSSR count). The highest BCUT2D eigenvalue weighted by atomic mass is 15.2. The molecule has 1 aliphatic heterocycles. The number of benzene rings is 3. The summed E-state index contributed by atoms with van der Waals surface area (Å²) >= 11 is 0. The molecule has 2 nitrogen and oxygen atoms in total. The summed E-state index contributed by atoms with van der Waals surface area (Å²) in [6.45, 7) is 1.81. The summed E-state index contributed by atoms with van der Waals surface area (Å²) in [6.07, 6.45) is 0. The second-order valence-electron chi connectivity index (χ2n) is 5.25. The van der Waals surface area contributed by atoms with Crippen molar-refractivity contribution in [3.8, 4) is 0 Å². The summed E-state index contributed by atoms with van der Waals surface area (Å²) in [5.74, 6) is 1.07. The number of aliphatic imine (C=N–C) groups is 1. The van der Waals surface area contributed by atoms with Crippen molar-refractivity contribution in [2.24, 2.45) is 4.99 Å². The minimum Gasteiger partial charge on any atom is -0.324 e. The summed E-state index contributed by atoms with van der Waals surface area (Å²) in [5, 5.41) is 2.55. The largest absolute Gasteiger partial charge is 0.324 e. The fourth-order valence-corrected chi connectivity index (χ4v) is 2.88. The highest BCUT2D eigenvalue weighted by molar-refractivity contribution is 6.11. The van der Waals surface area contributed by atoms with E-state index in [-0.39, 0.29) is 0 Å². The van der Waals surface area contributed by atoms with Gasteiger partial charge >= 0.3 is 0 Å². The van der Waals surface area contributed by atoms with E-state index >= 15 is 0 Å². The van der Waals surface area contributed by atoms with Gasteiger partial charge in [-0.3, -0.25) is 4.99 Å². The molecule has 1 aliphatic rings. The Labute approximate surface area is 124 Å². The van der Waals surface area contributed by atoms with Crippen LogP contribution in [0.4, 0.5) is 5.69 Å². The molecule has 0 spiro atoms. The zero-order chi connectivity index (χ0) is 14.1. The second kappa shape index (κ2) is 5.06. The molecule has 21 heavy (non-hydrogen) atoms. The van der Waals surface area contributed by atoms with E-state index < -0.39 is 0 Å². The smallest absolute Gasteiger partial charge is 0.135 e. The molecule has 102 valence electrons. The fourth-order valence-electron chi connectivity index (χ4n) is 2.88. The molecule has 2 heteroatoms. The molecule has 0 amide bonds. The maximum absolute atomic E-state index is 4.69. The van der Waals surface area contributed by atoms with Crippen LogP contribution in [0.1, 0.15) is 5.56 Å². The van der Waals surface area contributed by atoms with Gasteiger partial charge in [0.1, 0.15) is 5.84 Å². The lowest BCUT2D eigenvalue weighted by Crippen LogP contribution is -2.27. The van der Waals surface area contributed by atoms with E-state index in [0.29, 0.717) is 0 Å². The topological polar surface area (TPSA) is 15.6 Å². The lowest BCUT2D eigenvalue weighted by atomic mass is 10.1. The zero-order valence-corrected chi connectivity index (χ0v) is 11.7. The standard InChI is InChI=1S/C19H16N2/c1-2-7-16(8-3-1)19-20-12-13-21(19)18-11-10-15-6-4-5-9-17(15)14-18/h1-11,14H,12-13H2. The minimum atomic E-state index is 0.858. The first kappa shape index (κ1) is 12.2. The summed E-state index contributed by atoms with van der Waals surface area (Å²) < 4.78 is 0. The van der Waals surface area contributed by atoms with E-state index in [0.717, 1.165) is 18.9 Å². The third-order valence-electron chi connectivity index (χ3n) is 3.92. The molecule has 0 atom stereocenters. The van der Waals surface area contributed by atoms with E-state index in [9.17, 15) is 0 Å². The van der Waals surface area contributed by atoms with Gasteiger partial charge in [-0.05, 0) is 22.9 Å². The highest BCUT2D eigenvalue weighted by Gasteiger charge is 2.20. The lowest BCUT2D eigenvalue weighted by molar-refractivity contribution is 1.02. The van der Waals surface area contributed by atoms with Crippen molar-refractivity contribution in [2.75, 3.05) is 18.0 Å². The highest BCUT2D eigenvalue weighted by Crippen LogP contribution is 2.25. The fraction of sp³-hybridized carbons (Fsp3) is 0.105. The number of hydrogen-bond donors (Lipinski definition) is 0. The molecule has 0 aromatic heterocycles. The average molecular weight is 272 g/mol. The SMILES string of the molecule is c1ccc(C2=NCCN2c2ccc3ccccc3c2)cc1. The lowest BCUT2D eigenvalue weighted by Gasteiger charge is -2.21. The second-order valence-corrected chi connectivity index (χ2v) is 5.25. The number of rotatable bonds is 2. The zero-order valence-electron chi connectivity index (χ0n) is 11.7. The van der Waals surface area contributed by atoms with Gasteiger partial charge in [-0.25, -0.2) is 0 Å². The van der Waals surface area contributed by atoms with E-state index in [2.05, 4.69) is 76.6 Å². The Balaban J connectivity index is 1.76. The first-order valence-electron chi connectivity index (χ1n) is 7.28. The molecule has 0 saturated carbocycles. The van der Waals surface area contributed by atoms with Gasteiger partial charge in [-0.1, -0.05) is 60.7 Å². The van der Waals surface area contributed by atoms with E-state index in [4.69, 9.17) is 0 Å². The van der Waals surface area contributed by atoms with E-state index in [1.165, 1.54) is 22.0 Å². The van der Waals surface area contributed by atoms with Crippen molar-refractivity contribution in [3.63, 3.8) is 0 Å². The van der Waals surface area contributed by atoms with Gasteiger partial charge in [0.25, 0.3) is 0 Å². The predicted molar refractivity (Wildman–Crippen MR) is 89.1 cm³/mol. The minimum absolute atomic E-state index is 0.858. The third kappa shape index (κ3) is 2.19. The first-order valence-corrected chi connectivity index (χ1v) is 7.28. The van der Waals surface area contributed by atoms with Crippen LogP contribution in [-0.4, -0.2) is 18.9 Å². The third-order valence-corrected chi connectivity index (χ3v) is 3.92. The Bertz CT molecular complexity index is 806. The number of hydrogen-bond acceptors (Lipinski definition) is 2. The Morgan fingerprint density at radius 1 is 0.762 bits per heavy atom. The number of anilines is 1. The maximum Gasteiger partial charge on any atom is 0.135 e. The van der Waals surface area contributed by atoms with Crippen LogP contribution in [0.25, 0.3) is 10.8 Å². The average Bonchev–Trinajstić information content (AvgIpc) is 3.05. The van der Waals surface area contributed by atoms with Crippen molar-refractivity contribution < 1.29 is 0 Å². The molecule has 1 heterocycles. The van der Waals surface area contributed by atoms with Crippen molar-refractivity contribution in [3.05, 3.63) is 78.4 Å². The molecule has 0 radical (unpaired) electrons.